The maximum Gasteiger partial charge on any atom is 0.272 e. The van der Waals surface area contributed by atoms with Crippen molar-refractivity contribution < 1.29 is 9.53 Å². The highest BCUT2D eigenvalue weighted by atomic mass is 16.5. The molecular formula is C18H17N3O3. The highest BCUT2D eigenvalue weighted by Crippen LogP contribution is 2.17. The number of carbonyl (C=O) groups is 1. The number of aromatic amines is 1. The Kier molecular flexibility index (Phi) is 4.56. The van der Waals surface area contributed by atoms with Gasteiger partial charge < -0.3 is 10.1 Å². The molecule has 3 rings (SSSR count). The van der Waals surface area contributed by atoms with Crippen LogP contribution >= 0.6 is 0 Å². The van der Waals surface area contributed by atoms with E-state index < -0.39 is 0 Å². The van der Waals surface area contributed by atoms with E-state index in [9.17, 15) is 9.59 Å². The summed E-state index contributed by atoms with van der Waals surface area (Å²) in [4.78, 5) is 24.0. The van der Waals surface area contributed by atoms with Crippen LogP contribution in [0.3, 0.4) is 0 Å². The molecule has 0 atom stereocenters. The Morgan fingerprint density at radius 3 is 2.62 bits per heavy atom. The topological polar surface area (TPSA) is 84.1 Å². The lowest BCUT2D eigenvalue weighted by Crippen LogP contribution is -2.26. The van der Waals surface area contributed by atoms with Crippen LogP contribution in [0.15, 0.2) is 53.3 Å². The van der Waals surface area contributed by atoms with Crippen molar-refractivity contribution in [3.8, 4) is 5.75 Å². The molecule has 122 valence electrons. The van der Waals surface area contributed by atoms with Gasteiger partial charge in [0.05, 0.1) is 24.6 Å². The van der Waals surface area contributed by atoms with Crippen molar-refractivity contribution in [2.24, 2.45) is 0 Å². The van der Waals surface area contributed by atoms with Crippen LogP contribution in [0.5, 0.6) is 5.75 Å². The molecule has 0 fully saturated rings. The minimum Gasteiger partial charge on any atom is -0.496 e. The molecule has 1 aromatic heterocycles. The normalized spacial score (nSPS) is 10.5. The predicted octanol–water partition coefficient (Wildman–Crippen LogP) is 1.79. The highest BCUT2D eigenvalue weighted by Gasteiger charge is 2.11. The molecular weight excluding hydrogens is 306 g/mol. The van der Waals surface area contributed by atoms with Crippen LogP contribution in [0.1, 0.15) is 11.3 Å². The van der Waals surface area contributed by atoms with Gasteiger partial charge in [-0.25, -0.2) is 5.10 Å². The van der Waals surface area contributed by atoms with Crippen molar-refractivity contribution in [1.82, 2.24) is 15.5 Å². The number of hydrogen-bond acceptors (Lipinski definition) is 4. The van der Waals surface area contributed by atoms with Crippen LogP contribution in [0.2, 0.25) is 0 Å². The zero-order chi connectivity index (χ0) is 16.9. The number of benzene rings is 2. The van der Waals surface area contributed by atoms with Crippen molar-refractivity contribution in [3.05, 3.63) is 70.1 Å². The van der Waals surface area contributed by atoms with E-state index in [2.05, 4.69) is 15.5 Å². The summed E-state index contributed by atoms with van der Waals surface area (Å²) in [7, 11) is 1.59. The molecule has 6 heteroatoms. The predicted molar refractivity (Wildman–Crippen MR) is 90.9 cm³/mol. The summed E-state index contributed by atoms with van der Waals surface area (Å²) in [6, 6.07) is 14.6. The van der Waals surface area contributed by atoms with Crippen molar-refractivity contribution >= 4 is 16.7 Å². The van der Waals surface area contributed by atoms with Crippen molar-refractivity contribution in [3.63, 3.8) is 0 Å². The second kappa shape index (κ2) is 6.95. The maximum atomic E-state index is 12.2. The van der Waals surface area contributed by atoms with E-state index in [4.69, 9.17) is 4.74 Å². The minimum atomic E-state index is -0.260. The van der Waals surface area contributed by atoms with E-state index in [0.717, 1.165) is 11.3 Å². The lowest BCUT2D eigenvalue weighted by atomic mass is 10.1. The zero-order valence-electron chi connectivity index (χ0n) is 13.2. The van der Waals surface area contributed by atoms with Crippen LogP contribution in [-0.2, 0) is 17.8 Å². The first-order chi connectivity index (χ1) is 11.7. The Hall–Kier alpha value is -3.15. The molecule has 0 aliphatic rings. The third-order valence-corrected chi connectivity index (χ3v) is 3.77. The molecule has 1 amide bonds. The first-order valence-electron chi connectivity index (χ1n) is 7.54. The van der Waals surface area contributed by atoms with E-state index in [-0.39, 0.29) is 17.9 Å². The first kappa shape index (κ1) is 15.7. The second-order valence-electron chi connectivity index (χ2n) is 5.31. The molecule has 0 aliphatic heterocycles. The molecule has 0 aliphatic carbocycles. The third kappa shape index (κ3) is 3.27. The maximum absolute atomic E-state index is 12.2. The Bertz CT molecular complexity index is 934. The van der Waals surface area contributed by atoms with E-state index in [1.54, 1.807) is 25.3 Å². The monoisotopic (exact) mass is 323 g/mol. The summed E-state index contributed by atoms with van der Waals surface area (Å²) in [6.07, 6.45) is 0.0897. The summed E-state index contributed by atoms with van der Waals surface area (Å²) in [5, 5.41) is 10.5. The average molecular weight is 323 g/mol. The van der Waals surface area contributed by atoms with Crippen LogP contribution in [0.25, 0.3) is 10.8 Å². The van der Waals surface area contributed by atoms with Gasteiger partial charge in [0.15, 0.2) is 0 Å². The van der Waals surface area contributed by atoms with Crippen LogP contribution in [0.4, 0.5) is 0 Å². The summed E-state index contributed by atoms with van der Waals surface area (Å²) < 4.78 is 5.26. The van der Waals surface area contributed by atoms with Crippen molar-refractivity contribution in [1.29, 1.82) is 0 Å². The number of carbonyl (C=O) groups excluding carboxylic acids is 1. The average Bonchev–Trinajstić information content (AvgIpc) is 2.63. The van der Waals surface area contributed by atoms with Crippen LogP contribution in [0, 0.1) is 0 Å². The number of aromatic nitrogens is 2. The van der Waals surface area contributed by atoms with Gasteiger partial charge in [-0.3, -0.25) is 9.59 Å². The fourth-order valence-corrected chi connectivity index (χ4v) is 2.56. The number of hydrogen-bond donors (Lipinski definition) is 2. The summed E-state index contributed by atoms with van der Waals surface area (Å²) in [5.74, 6) is 0.552. The molecule has 0 unspecified atom stereocenters. The minimum absolute atomic E-state index is 0.0897. The summed E-state index contributed by atoms with van der Waals surface area (Å²) >= 11 is 0. The molecule has 24 heavy (non-hydrogen) atoms. The largest absolute Gasteiger partial charge is 0.496 e. The van der Waals surface area contributed by atoms with Crippen LogP contribution < -0.4 is 15.6 Å². The SMILES string of the molecule is COc1ccccc1CNC(=O)Cc1n[nH]c(=O)c2ccccc12. The molecule has 6 nitrogen and oxygen atoms in total. The van der Waals surface area contributed by atoms with E-state index in [0.29, 0.717) is 23.0 Å². The standard InChI is InChI=1S/C18H17N3O3/c1-24-16-9-5-2-6-12(16)11-19-17(22)10-15-13-7-3-4-8-14(13)18(23)21-20-15/h2-9H,10-11H2,1H3,(H,19,22)(H,21,23). The summed E-state index contributed by atoms with van der Waals surface area (Å²) in [6.45, 7) is 0.365. The number of rotatable bonds is 5. The molecule has 0 saturated carbocycles. The van der Waals surface area contributed by atoms with Gasteiger partial charge in [0.2, 0.25) is 5.91 Å². The van der Waals surface area contributed by atoms with Crippen LogP contribution in [-0.4, -0.2) is 23.2 Å². The number of H-pyrrole nitrogens is 1. The Labute approximate surface area is 138 Å². The molecule has 2 aromatic carbocycles. The molecule has 0 spiro atoms. The van der Waals surface area contributed by atoms with Gasteiger partial charge in [0.25, 0.3) is 5.56 Å². The Morgan fingerprint density at radius 1 is 1.12 bits per heavy atom. The highest BCUT2D eigenvalue weighted by molar-refractivity contribution is 5.88. The molecule has 1 heterocycles. The van der Waals surface area contributed by atoms with Crippen molar-refractivity contribution in [2.45, 2.75) is 13.0 Å². The van der Waals surface area contributed by atoms with E-state index >= 15 is 0 Å². The number of nitrogens with one attached hydrogen (secondary N) is 2. The number of amides is 1. The summed E-state index contributed by atoms with van der Waals surface area (Å²) in [5.41, 5.74) is 1.18. The van der Waals surface area contributed by atoms with Gasteiger partial charge in [0.1, 0.15) is 5.75 Å². The molecule has 2 N–H and O–H groups in total. The van der Waals surface area contributed by atoms with Gasteiger partial charge in [-0.15, -0.1) is 0 Å². The lowest BCUT2D eigenvalue weighted by Gasteiger charge is -2.10. The van der Waals surface area contributed by atoms with Crippen molar-refractivity contribution in [2.75, 3.05) is 7.11 Å². The Balaban J connectivity index is 1.74. The van der Waals surface area contributed by atoms with Gasteiger partial charge in [-0.1, -0.05) is 36.4 Å². The van der Waals surface area contributed by atoms with E-state index in [1.807, 2.05) is 30.3 Å². The Morgan fingerprint density at radius 2 is 1.83 bits per heavy atom. The molecule has 3 aromatic rings. The second-order valence-corrected chi connectivity index (χ2v) is 5.31. The van der Waals surface area contributed by atoms with Gasteiger partial charge in [-0.2, -0.15) is 5.10 Å². The smallest absolute Gasteiger partial charge is 0.272 e. The zero-order valence-corrected chi connectivity index (χ0v) is 13.2. The van der Waals surface area contributed by atoms with Gasteiger partial charge >= 0.3 is 0 Å². The number of nitrogens with zero attached hydrogens (tertiary/aromatic N) is 1. The number of fused-ring (bicyclic) bond motifs is 1. The quantitative estimate of drug-likeness (QED) is 0.750. The van der Waals surface area contributed by atoms with Gasteiger partial charge in [0, 0.05) is 17.5 Å². The fraction of sp³-hybridized carbons (Fsp3) is 0.167. The number of methoxy groups -OCH3 is 1. The molecule has 0 bridgehead atoms. The molecule has 0 radical (unpaired) electrons. The lowest BCUT2D eigenvalue weighted by molar-refractivity contribution is -0.120. The first-order valence-corrected chi connectivity index (χ1v) is 7.54. The van der Waals surface area contributed by atoms with E-state index in [1.165, 1.54) is 0 Å². The third-order valence-electron chi connectivity index (χ3n) is 3.77. The number of ether oxygens (including phenoxy) is 1. The fourth-order valence-electron chi connectivity index (χ4n) is 2.56. The van der Waals surface area contributed by atoms with Gasteiger partial charge in [-0.05, 0) is 12.1 Å². The number of para-hydroxylation sites is 1. The molecule has 0 saturated heterocycles.